The van der Waals surface area contributed by atoms with Gasteiger partial charge in [-0.2, -0.15) is 5.01 Å². The van der Waals surface area contributed by atoms with E-state index in [1.165, 1.54) is 27.0 Å². The number of aromatic nitrogens is 3. The summed E-state index contributed by atoms with van der Waals surface area (Å²) in [6, 6.07) is 9.36. The van der Waals surface area contributed by atoms with Gasteiger partial charge in [-0.1, -0.05) is 30.3 Å². The lowest BCUT2D eigenvalue weighted by Crippen LogP contribution is -2.45. The van der Waals surface area contributed by atoms with E-state index in [0.29, 0.717) is 0 Å². The quantitative estimate of drug-likeness (QED) is 0.606. The summed E-state index contributed by atoms with van der Waals surface area (Å²) in [6.07, 6.45) is 3.04. The van der Waals surface area contributed by atoms with Crippen LogP contribution in [0.25, 0.3) is 0 Å². The number of benzene rings is 1. The van der Waals surface area contributed by atoms with Crippen LogP contribution in [0.15, 0.2) is 43.0 Å². The molecule has 2 aromatic rings. The fraction of sp³-hybridized carbons (Fsp3) is 0.231. The lowest BCUT2D eigenvalue weighted by molar-refractivity contribution is -0.745. The van der Waals surface area contributed by atoms with Gasteiger partial charge in [0.15, 0.2) is 6.54 Å². The molecule has 1 aromatic heterocycles. The summed E-state index contributed by atoms with van der Waals surface area (Å²) in [5.41, 5.74) is 0.909. The summed E-state index contributed by atoms with van der Waals surface area (Å²) in [4.78, 5) is 22.5. The van der Waals surface area contributed by atoms with E-state index in [0.717, 1.165) is 5.56 Å². The van der Waals surface area contributed by atoms with Gasteiger partial charge in [0.05, 0.1) is 19.4 Å². The highest BCUT2D eigenvalue weighted by Gasteiger charge is 2.17. The number of carbonyl (C=O) groups excluding carboxylic acids is 2. The van der Waals surface area contributed by atoms with Crippen LogP contribution in [0.1, 0.15) is 5.56 Å². The molecule has 0 radical (unpaired) electrons. The third-order valence-corrected chi connectivity index (χ3v) is 2.77. The SMILES string of the molecule is CN(C(=O)Cc1ccccc1)n1cn[n+](CC(=O)[O-])c1. The van der Waals surface area contributed by atoms with Crippen molar-refractivity contribution < 1.29 is 19.4 Å². The second-order valence-electron chi connectivity index (χ2n) is 4.28. The Morgan fingerprint density at radius 1 is 1.35 bits per heavy atom. The van der Waals surface area contributed by atoms with Gasteiger partial charge in [0.1, 0.15) is 0 Å². The van der Waals surface area contributed by atoms with Gasteiger partial charge in [-0.15, -0.1) is 9.36 Å². The monoisotopic (exact) mass is 274 g/mol. The van der Waals surface area contributed by atoms with Crippen LogP contribution in [0.3, 0.4) is 0 Å². The lowest BCUT2D eigenvalue weighted by atomic mass is 10.1. The summed E-state index contributed by atoms with van der Waals surface area (Å²) in [6.45, 7) is -0.353. The van der Waals surface area contributed by atoms with E-state index in [4.69, 9.17) is 0 Å². The minimum Gasteiger partial charge on any atom is -0.546 e. The van der Waals surface area contributed by atoms with Crippen LogP contribution in [0.2, 0.25) is 0 Å². The normalized spacial score (nSPS) is 10.2. The van der Waals surface area contributed by atoms with E-state index in [2.05, 4.69) is 5.10 Å². The number of likely N-dealkylation sites (N-methyl/N-ethyl adjacent to an activating group) is 1. The highest BCUT2D eigenvalue weighted by Crippen LogP contribution is 2.01. The van der Waals surface area contributed by atoms with Crippen molar-refractivity contribution >= 4 is 11.9 Å². The summed E-state index contributed by atoms with van der Waals surface area (Å²) in [7, 11) is 1.59. The molecule has 0 saturated carbocycles. The molecule has 1 amide bonds. The molecule has 0 aliphatic carbocycles. The van der Waals surface area contributed by atoms with E-state index in [-0.39, 0.29) is 18.9 Å². The Labute approximate surface area is 115 Å². The number of carbonyl (C=O) groups is 2. The average Bonchev–Trinajstić information content (AvgIpc) is 2.86. The largest absolute Gasteiger partial charge is 0.546 e. The zero-order chi connectivity index (χ0) is 14.5. The molecule has 0 spiro atoms. The van der Waals surface area contributed by atoms with Gasteiger partial charge in [0, 0.05) is 0 Å². The Bertz CT molecular complexity index is 609. The van der Waals surface area contributed by atoms with Crippen LogP contribution < -0.4 is 14.8 Å². The molecular formula is C13H14N4O3. The first-order valence-corrected chi connectivity index (χ1v) is 6.00. The van der Waals surface area contributed by atoms with Crippen molar-refractivity contribution in [3.05, 3.63) is 48.5 Å². The molecular weight excluding hydrogens is 260 g/mol. The van der Waals surface area contributed by atoms with Crippen LogP contribution >= 0.6 is 0 Å². The molecule has 1 aromatic carbocycles. The van der Waals surface area contributed by atoms with Crippen LogP contribution in [0.5, 0.6) is 0 Å². The first-order valence-electron chi connectivity index (χ1n) is 6.00. The Morgan fingerprint density at radius 2 is 2.05 bits per heavy atom. The molecule has 0 N–H and O–H groups in total. The molecule has 0 unspecified atom stereocenters. The maximum atomic E-state index is 12.1. The maximum absolute atomic E-state index is 12.1. The Kier molecular flexibility index (Phi) is 4.09. The van der Waals surface area contributed by atoms with Gasteiger partial charge in [0.25, 0.3) is 12.2 Å². The predicted molar refractivity (Wildman–Crippen MR) is 66.7 cm³/mol. The Balaban J connectivity index is 2.03. The van der Waals surface area contributed by atoms with Crippen LogP contribution in [-0.4, -0.2) is 28.7 Å². The third kappa shape index (κ3) is 3.41. The first-order chi connectivity index (χ1) is 9.56. The predicted octanol–water partition coefficient (Wildman–Crippen LogP) is -1.74. The molecule has 0 saturated heterocycles. The van der Waals surface area contributed by atoms with E-state index in [1.54, 1.807) is 7.05 Å². The average molecular weight is 274 g/mol. The number of amides is 1. The van der Waals surface area contributed by atoms with Gasteiger partial charge < -0.3 is 9.90 Å². The summed E-state index contributed by atoms with van der Waals surface area (Å²) in [5, 5.41) is 15.7. The molecule has 0 atom stereocenters. The van der Waals surface area contributed by atoms with Crippen molar-refractivity contribution in [2.45, 2.75) is 13.0 Å². The van der Waals surface area contributed by atoms with Crippen molar-refractivity contribution in [3.8, 4) is 0 Å². The summed E-state index contributed by atoms with van der Waals surface area (Å²) in [5.74, 6) is -1.37. The number of hydrogen-bond acceptors (Lipinski definition) is 4. The van der Waals surface area contributed by atoms with Crippen LogP contribution in [0.4, 0.5) is 0 Å². The molecule has 1 heterocycles. The van der Waals surface area contributed by atoms with Gasteiger partial charge in [-0.05, 0) is 10.7 Å². The number of carboxylic acid groups (broad SMARTS) is 1. The standard InChI is InChI=1S/C13H14N4O3/c1-15(12(18)7-11-5-3-2-4-6-11)17-9-14-16(10-17)8-13(19)20/h2-6,9-10H,7-8H2,1H3. The second kappa shape index (κ2) is 5.96. The van der Waals surface area contributed by atoms with Crippen molar-refractivity contribution in [2.75, 3.05) is 12.1 Å². The van der Waals surface area contributed by atoms with Crippen LogP contribution in [0, 0.1) is 0 Å². The molecule has 7 heteroatoms. The first kappa shape index (κ1) is 13.7. The molecule has 104 valence electrons. The number of aliphatic carboxylic acids is 1. The van der Waals surface area contributed by atoms with Gasteiger partial charge in [-0.25, -0.2) is 0 Å². The number of rotatable bonds is 5. The highest BCUT2D eigenvalue weighted by molar-refractivity contribution is 5.87. The Morgan fingerprint density at radius 3 is 2.70 bits per heavy atom. The van der Waals surface area contributed by atoms with E-state index in [1.807, 2.05) is 30.3 Å². The van der Waals surface area contributed by atoms with Gasteiger partial charge >= 0.3 is 0 Å². The molecule has 7 nitrogen and oxygen atoms in total. The molecule has 0 aliphatic heterocycles. The van der Waals surface area contributed by atoms with Crippen molar-refractivity contribution in [1.82, 2.24) is 9.77 Å². The Hall–Kier alpha value is -2.70. The van der Waals surface area contributed by atoms with Gasteiger partial charge in [-0.3, -0.25) is 4.79 Å². The third-order valence-electron chi connectivity index (χ3n) is 2.77. The summed E-state index contributed by atoms with van der Waals surface area (Å²) < 4.78 is 2.61. The molecule has 2 rings (SSSR count). The second-order valence-corrected chi connectivity index (χ2v) is 4.28. The maximum Gasteiger partial charge on any atom is 0.290 e. The number of nitrogens with zero attached hydrogens (tertiary/aromatic N) is 4. The van der Waals surface area contributed by atoms with Crippen molar-refractivity contribution in [2.24, 2.45) is 0 Å². The minimum absolute atomic E-state index is 0.130. The highest BCUT2D eigenvalue weighted by atomic mass is 16.4. The zero-order valence-electron chi connectivity index (χ0n) is 11.0. The molecule has 0 aliphatic rings. The fourth-order valence-electron chi connectivity index (χ4n) is 1.70. The van der Waals surface area contributed by atoms with Crippen molar-refractivity contribution in [3.63, 3.8) is 0 Å². The minimum atomic E-state index is -1.24. The molecule has 20 heavy (non-hydrogen) atoms. The number of carboxylic acids is 1. The van der Waals surface area contributed by atoms with Crippen molar-refractivity contribution in [1.29, 1.82) is 0 Å². The van der Waals surface area contributed by atoms with E-state index < -0.39 is 5.97 Å². The van der Waals surface area contributed by atoms with E-state index >= 15 is 0 Å². The van der Waals surface area contributed by atoms with Crippen LogP contribution in [-0.2, 0) is 22.6 Å². The van der Waals surface area contributed by atoms with Gasteiger partial charge in [0.2, 0.25) is 6.33 Å². The number of hydrogen-bond donors (Lipinski definition) is 0. The lowest BCUT2D eigenvalue weighted by Gasteiger charge is -2.11. The topological polar surface area (TPSA) is 82.1 Å². The summed E-state index contributed by atoms with van der Waals surface area (Å²) >= 11 is 0. The smallest absolute Gasteiger partial charge is 0.290 e. The van der Waals surface area contributed by atoms with E-state index in [9.17, 15) is 14.7 Å². The zero-order valence-corrected chi connectivity index (χ0v) is 11.0. The molecule has 0 fully saturated rings. The molecule has 0 bridgehead atoms. The fourth-order valence-corrected chi connectivity index (χ4v) is 1.70.